The Morgan fingerprint density at radius 2 is 1.31 bits per heavy atom. The number of halogens is 3. The maximum atomic E-state index is 13.0. The Morgan fingerprint density at radius 1 is 0.657 bits per heavy atom. The molecular formula is C27H20F3N3O2. The number of para-hydroxylation sites is 1. The smallest absolute Gasteiger partial charge is 0.322 e. The van der Waals surface area contributed by atoms with Crippen LogP contribution in [0.25, 0.3) is 11.1 Å². The van der Waals surface area contributed by atoms with Crippen LogP contribution in [-0.2, 0) is 6.18 Å². The maximum absolute atomic E-state index is 13.0. The highest BCUT2D eigenvalue weighted by Gasteiger charge is 2.30. The molecule has 3 N–H and O–H groups in total. The molecule has 0 atom stereocenters. The molecule has 0 aromatic heterocycles. The van der Waals surface area contributed by atoms with Gasteiger partial charge in [0, 0.05) is 16.8 Å². The lowest BCUT2D eigenvalue weighted by molar-refractivity contribution is -0.137. The number of hydrogen-bond donors (Lipinski definition) is 3. The molecule has 4 aromatic rings. The van der Waals surface area contributed by atoms with E-state index in [1.165, 1.54) is 18.2 Å². The average Bonchev–Trinajstić information content (AvgIpc) is 2.87. The number of benzene rings is 4. The molecule has 0 aliphatic rings. The first-order valence-corrected chi connectivity index (χ1v) is 10.6. The van der Waals surface area contributed by atoms with Gasteiger partial charge in [0.05, 0.1) is 11.3 Å². The number of hydrazine groups is 1. The quantitative estimate of drug-likeness (QED) is 0.283. The molecule has 0 heterocycles. The number of nitrogens with one attached hydrogen (secondary N) is 3. The van der Waals surface area contributed by atoms with Crippen LogP contribution in [0.5, 0.6) is 0 Å². The Kier molecular flexibility index (Phi) is 6.82. The largest absolute Gasteiger partial charge is 0.416 e. The number of anilines is 2. The molecule has 35 heavy (non-hydrogen) atoms. The van der Waals surface area contributed by atoms with Crippen molar-refractivity contribution in [3.8, 4) is 11.1 Å². The summed E-state index contributed by atoms with van der Waals surface area (Å²) < 4.78 is 38.7. The lowest BCUT2D eigenvalue weighted by Crippen LogP contribution is -2.29. The van der Waals surface area contributed by atoms with Gasteiger partial charge in [-0.25, -0.2) is 0 Å². The van der Waals surface area contributed by atoms with E-state index < -0.39 is 23.6 Å². The van der Waals surface area contributed by atoms with Crippen LogP contribution >= 0.6 is 0 Å². The monoisotopic (exact) mass is 475 g/mol. The predicted octanol–water partition coefficient (Wildman–Crippen LogP) is 6.38. The molecule has 4 aromatic carbocycles. The summed E-state index contributed by atoms with van der Waals surface area (Å²) in [5, 5.41) is 2.75. The van der Waals surface area contributed by atoms with E-state index in [4.69, 9.17) is 0 Å². The van der Waals surface area contributed by atoms with Crippen LogP contribution in [0, 0.1) is 0 Å². The molecule has 0 saturated carbocycles. The fourth-order valence-corrected chi connectivity index (χ4v) is 3.43. The van der Waals surface area contributed by atoms with E-state index in [2.05, 4.69) is 16.2 Å². The normalized spacial score (nSPS) is 10.9. The summed E-state index contributed by atoms with van der Waals surface area (Å²) in [7, 11) is 0. The van der Waals surface area contributed by atoms with Crippen molar-refractivity contribution >= 4 is 23.2 Å². The third-order valence-electron chi connectivity index (χ3n) is 5.17. The molecule has 0 bridgehead atoms. The van der Waals surface area contributed by atoms with Gasteiger partial charge in [-0.05, 0) is 59.7 Å². The second-order valence-electron chi connectivity index (χ2n) is 7.60. The van der Waals surface area contributed by atoms with Gasteiger partial charge in [0.15, 0.2) is 0 Å². The Hall–Kier alpha value is -4.59. The first-order valence-electron chi connectivity index (χ1n) is 10.6. The summed E-state index contributed by atoms with van der Waals surface area (Å²) in [5.41, 5.74) is 7.31. The topological polar surface area (TPSA) is 70.2 Å². The number of alkyl halides is 3. The van der Waals surface area contributed by atoms with Gasteiger partial charge >= 0.3 is 6.18 Å². The number of amides is 2. The number of carbonyl (C=O) groups is 2. The van der Waals surface area contributed by atoms with Gasteiger partial charge in [0.1, 0.15) is 0 Å². The van der Waals surface area contributed by atoms with Gasteiger partial charge in [-0.15, -0.1) is 0 Å². The minimum Gasteiger partial charge on any atom is -0.322 e. The van der Waals surface area contributed by atoms with Crippen molar-refractivity contribution in [2.45, 2.75) is 6.18 Å². The van der Waals surface area contributed by atoms with Crippen LogP contribution in [0.3, 0.4) is 0 Å². The molecule has 0 aliphatic carbocycles. The van der Waals surface area contributed by atoms with Crippen molar-refractivity contribution < 1.29 is 22.8 Å². The minimum atomic E-state index is -4.44. The number of carbonyl (C=O) groups excluding carboxylic acids is 2. The minimum absolute atomic E-state index is 0.285. The van der Waals surface area contributed by atoms with E-state index in [1.54, 1.807) is 54.6 Å². The highest BCUT2D eigenvalue weighted by Crippen LogP contribution is 2.32. The van der Waals surface area contributed by atoms with Gasteiger partial charge in [-0.1, -0.05) is 54.6 Å². The summed E-state index contributed by atoms with van der Waals surface area (Å²) in [4.78, 5) is 25.5. The van der Waals surface area contributed by atoms with Gasteiger partial charge < -0.3 is 5.32 Å². The predicted molar refractivity (Wildman–Crippen MR) is 129 cm³/mol. The van der Waals surface area contributed by atoms with E-state index in [0.29, 0.717) is 28.1 Å². The zero-order chi connectivity index (χ0) is 24.8. The van der Waals surface area contributed by atoms with E-state index in [0.717, 1.165) is 12.1 Å². The molecule has 2 amide bonds. The highest BCUT2D eigenvalue weighted by atomic mass is 19.4. The van der Waals surface area contributed by atoms with Crippen LogP contribution in [-0.4, -0.2) is 11.8 Å². The third-order valence-corrected chi connectivity index (χ3v) is 5.17. The zero-order valence-corrected chi connectivity index (χ0v) is 18.3. The molecule has 5 nitrogen and oxygen atoms in total. The summed E-state index contributed by atoms with van der Waals surface area (Å²) in [6.07, 6.45) is -4.44. The molecule has 4 rings (SSSR count). The van der Waals surface area contributed by atoms with Crippen molar-refractivity contribution in [1.82, 2.24) is 5.43 Å². The van der Waals surface area contributed by atoms with E-state index in [1.807, 2.05) is 18.2 Å². The van der Waals surface area contributed by atoms with Crippen LogP contribution in [0.4, 0.5) is 24.5 Å². The SMILES string of the molecule is O=C(NNc1ccccc1)c1cccc(NC(=O)c2ccccc2-c2ccc(C(F)(F)F)cc2)c1. The molecule has 0 unspecified atom stereocenters. The van der Waals surface area contributed by atoms with Crippen molar-refractivity contribution in [1.29, 1.82) is 0 Å². The molecule has 0 aliphatic heterocycles. The zero-order valence-electron chi connectivity index (χ0n) is 18.3. The van der Waals surface area contributed by atoms with Crippen molar-refractivity contribution in [2.24, 2.45) is 0 Å². The Morgan fingerprint density at radius 3 is 2.03 bits per heavy atom. The van der Waals surface area contributed by atoms with E-state index in [9.17, 15) is 22.8 Å². The summed E-state index contributed by atoms with van der Waals surface area (Å²) in [6.45, 7) is 0. The molecule has 0 spiro atoms. The summed E-state index contributed by atoms with van der Waals surface area (Å²) >= 11 is 0. The standard InChI is InChI=1S/C27H20F3N3O2/c28-27(29,30)20-15-13-18(14-16-20)23-11-4-5-12-24(23)26(35)31-22-10-6-7-19(17-22)25(34)33-32-21-8-2-1-3-9-21/h1-17,32H,(H,31,35)(H,33,34). The first kappa shape index (κ1) is 23.6. The van der Waals surface area contributed by atoms with Gasteiger partial charge in [0.25, 0.3) is 11.8 Å². The number of rotatable bonds is 6. The fraction of sp³-hybridized carbons (Fsp3) is 0.0370. The van der Waals surface area contributed by atoms with Crippen LogP contribution in [0.1, 0.15) is 26.3 Å². The third kappa shape index (κ3) is 5.86. The van der Waals surface area contributed by atoms with Crippen molar-refractivity contribution in [3.05, 3.63) is 120 Å². The Labute approximate surface area is 199 Å². The average molecular weight is 475 g/mol. The molecule has 0 saturated heterocycles. The van der Waals surface area contributed by atoms with Crippen LogP contribution in [0.15, 0.2) is 103 Å². The second-order valence-corrected chi connectivity index (χ2v) is 7.60. The van der Waals surface area contributed by atoms with Crippen molar-refractivity contribution in [3.63, 3.8) is 0 Å². The molecular weight excluding hydrogens is 455 g/mol. The molecule has 8 heteroatoms. The molecule has 176 valence electrons. The van der Waals surface area contributed by atoms with Crippen molar-refractivity contribution in [2.75, 3.05) is 10.7 Å². The molecule has 0 fully saturated rings. The van der Waals surface area contributed by atoms with E-state index in [-0.39, 0.29) is 5.56 Å². The van der Waals surface area contributed by atoms with Crippen LogP contribution in [0.2, 0.25) is 0 Å². The second kappa shape index (κ2) is 10.1. The lowest BCUT2D eigenvalue weighted by atomic mass is 9.98. The van der Waals surface area contributed by atoms with Gasteiger partial charge in [0.2, 0.25) is 0 Å². The highest BCUT2D eigenvalue weighted by molar-refractivity contribution is 6.09. The maximum Gasteiger partial charge on any atom is 0.416 e. The fourth-order valence-electron chi connectivity index (χ4n) is 3.43. The first-order chi connectivity index (χ1) is 16.8. The lowest BCUT2D eigenvalue weighted by Gasteiger charge is -2.13. The summed E-state index contributed by atoms with van der Waals surface area (Å²) in [5.74, 6) is -0.851. The van der Waals surface area contributed by atoms with Gasteiger partial charge in [-0.2, -0.15) is 13.2 Å². The molecule has 0 radical (unpaired) electrons. The van der Waals surface area contributed by atoms with Gasteiger partial charge in [-0.3, -0.25) is 20.4 Å². The Bertz CT molecular complexity index is 1340. The van der Waals surface area contributed by atoms with Crippen LogP contribution < -0.4 is 16.2 Å². The number of hydrogen-bond acceptors (Lipinski definition) is 3. The van der Waals surface area contributed by atoms with E-state index >= 15 is 0 Å². The Balaban J connectivity index is 1.49. The summed E-state index contributed by atoms with van der Waals surface area (Å²) in [6, 6.07) is 26.8.